The molecule has 0 bridgehead atoms. The van der Waals surface area contributed by atoms with E-state index in [2.05, 4.69) is 164 Å². The van der Waals surface area contributed by atoms with Gasteiger partial charge in [0.1, 0.15) is 0 Å². The summed E-state index contributed by atoms with van der Waals surface area (Å²) in [5, 5.41) is 7.36. The Kier molecular flexibility index (Phi) is 7.04. The first kappa shape index (κ1) is 29.5. The van der Waals surface area contributed by atoms with Crippen molar-refractivity contribution in [2.45, 2.75) is 0 Å². The third-order valence-corrected chi connectivity index (χ3v) is 11.1. The van der Waals surface area contributed by atoms with Gasteiger partial charge in [0, 0.05) is 36.9 Å². The standard InChI is InChI=1S/C48H30N2S/c1-3-14-31(15-4-1)33-26-28-39(36-20-9-7-18-34(33)36)43-30-44(50-48(49-43)32-16-5-2-6-17-32)40-29-27-38(35-19-8-10-21-37(35)40)41-23-13-25-46-47(41)42-22-11-12-24-45(42)51-46/h1-30H. The molecular formula is C48H30N2S. The van der Waals surface area contributed by atoms with Gasteiger partial charge in [0.2, 0.25) is 0 Å². The van der Waals surface area contributed by atoms with E-state index in [9.17, 15) is 0 Å². The van der Waals surface area contributed by atoms with Crippen molar-refractivity contribution in [3.63, 3.8) is 0 Å². The normalized spacial score (nSPS) is 11.5. The highest BCUT2D eigenvalue weighted by atomic mass is 32.1. The van der Waals surface area contributed by atoms with E-state index in [4.69, 9.17) is 9.97 Å². The van der Waals surface area contributed by atoms with Crippen LogP contribution in [0.15, 0.2) is 182 Å². The molecule has 2 nitrogen and oxygen atoms in total. The van der Waals surface area contributed by atoms with Gasteiger partial charge in [0.05, 0.1) is 11.4 Å². The van der Waals surface area contributed by atoms with E-state index in [-0.39, 0.29) is 0 Å². The number of aromatic nitrogens is 2. The van der Waals surface area contributed by atoms with Crippen LogP contribution in [0.1, 0.15) is 0 Å². The highest BCUT2D eigenvalue weighted by molar-refractivity contribution is 7.25. The summed E-state index contributed by atoms with van der Waals surface area (Å²) in [6, 6.07) is 64.9. The third-order valence-electron chi connectivity index (χ3n) is 9.94. The molecule has 0 saturated heterocycles. The van der Waals surface area contributed by atoms with E-state index >= 15 is 0 Å². The summed E-state index contributed by atoms with van der Waals surface area (Å²) < 4.78 is 2.62. The average Bonchev–Trinajstić information content (AvgIpc) is 3.60. The summed E-state index contributed by atoms with van der Waals surface area (Å²) >= 11 is 1.86. The number of hydrogen-bond acceptors (Lipinski definition) is 3. The van der Waals surface area contributed by atoms with Gasteiger partial charge >= 0.3 is 0 Å². The van der Waals surface area contributed by atoms with E-state index in [0.717, 1.165) is 28.1 Å². The topological polar surface area (TPSA) is 25.8 Å². The average molecular weight is 667 g/mol. The monoisotopic (exact) mass is 666 g/mol. The van der Waals surface area contributed by atoms with E-state index in [1.54, 1.807) is 0 Å². The van der Waals surface area contributed by atoms with Gasteiger partial charge in [-0.3, -0.25) is 0 Å². The molecule has 0 aliphatic carbocycles. The van der Waals surface area contributed by atoms with Crippen LogP contribution < -0.4 is 0 Å². The smallest absolute Gasteiger partial charge is 0.160 e. The molecule has 2 heterocycles. The van der Waals surface area contributed by atoms with Crippen molar-refractivity contribution in [1.82, 2.24) is 9.97 Å². The maximum Gasteiger partial charge on any atom is 0.160 e. The van der Waals surface area contributed by atoms with Crippen LogP contribution in [0.25, 0.3) is 97.9 Å². The molecule has 3 heteroatoms. The van der Waals surface area contributed by atoms with Crippen molar-refractivity contribution in [2.75, 3.05) is 0 Å². The predicted octanol–water partition coefficient (Wildman–Crippen LogP) is 13.5. The fourth-order valence-corrected chi connectivity index (χ4v) is 8.72. The van der Waals surface area contributed by atoms with Crippen LogP contribution in [0.5, 0.6) is 0 Å². The Hall–Kier alpha value is -6.42. The Morgan fingerprint density at radius 3 is 1.43 bits per heavy atom. The second-order valence-electron chi connectivity index (χ2n) is 12.9. The minimum absolute atomic E-state index is 0.710. The number of rotatable bonds is 5. The van der Waals surface area contributed by atoms with Gasteiger partial charge in [-0.2, -0.15) is 0 Å². The first-order valence-corrected chi connectivity index (χ1v) is 18.1. The van der Waals surface area contributed by atoms with Gasteiger partial charge in [-0.15, -0.1) is 11.3 Å². The van der Waals surface area contributed by atoms with Crippen LogP contribution in [0.4, 0.5) is 0 Å². The molecule has 2 aromatic heterocycles. The molecule has 238 valence electrons. The molecule has 0 atom stereocenters. The molecule has 0 amide bonds. The van der Waals surface area contributed by atoms with Crippen molar-refractivity contribution in [3.8, 4) is 56.2 Å². The van der Waals surface area contributed by atoms with Crippen LogP contribution in [-0.2, 0) is 0 Å². The maximum atomic E-state index is 5.27. The van der Waals surface area contributed by atoms with Crippen LogP contribution in [0.3, 0.4) is 0 Å². The Balaban J connectivity index is 1.20. The van der Waals surface area contributed by atoms with Gasteiger partial charge < -0.3 is 0 Å². The summed E-state index contributed by atoms with van der Waals surface area (Å²) in [7, 11) is 0. The number of nitrogens with zero attached hydrogens (tertiary/aromatic N) is 2. The van der Waals surface area contributed by atoms with Crippen LogP contribution in [-0.4, -0.2) is 9.97 Å². The molecule has 0 fully saturated rings. The van der Waals surface area contributed by atoms with Crippen LogP contribution in [0, 0.1) is 0 Å². The Morgan fingerprint density at radius 1 is 0.314 bits per heavy atom. The van der Waals surface area contributed by atoms with Crippen LogP contribution >= 0.6 is 11.3 Å². The first-order valence-electron chi connectivity index (χ1n) is 17.2. The Morgan fingerprint density at radius 2 is 0.784 bits per heavy atom. The molecule has 0 radical (unpaired) electrons. The van der Waals surface area contributed by atoms with Crippen LogP contribution in [0.2, 0.25) is 0 Å². The molecule has 0 N–H and O–H groups in total. The second-order valence-corrected chi connectivity index (χ2v) is 14.0. The molecule has 10 rings (SSSR count). The second kappa shape index (κ2) is 12.2. The largest absolute Gasteiger partial charge is 0.228 e. The molecule has 0 aliphatic heterocycles. The SMILES string of the molecule is c1ccc(-c2nc(-c3ccc(-c4ccccc4)c4ccccc34)cc(-c3ccc(-c4cccc5sc6ccccc6c45)c4ccccc34)n2)cc1. The van der Waals surface area contributed by atoms with Crippen molar-refractivity contribution >= 4 is 53.1 Å². The highest BCUT2D eigenvalue weighted by Gasteiger charge is 2.18. The first-order chi connectivity index (χ1) is 25.3. The van der Waals surface area contributed by atoms with Crippen molar-refractivity contribution in [3.05, 3.63) is 182 Å². The molecule has 51 heavy (non-hydrogen) atoms. The summed E-state index contributed by atoms with van der Waals surface area (Å²) in [4.78, 5) is 10.5. The quantitative estimate of drug-likeness (QED) is 0.183. The predicted molar refractivity (Wildman–Crippen MR) is 217 cm³/mol. The summed E-state index contributed by atoms with van der Waals surface area (Å²) in [6.45, 7) is 0. The minimum atomic E-state index is 0.710. The fourth-order valence-electron chi connectivity index (χ4n) is 7.59. The van der Waals surface area contributed by atoms with Gasteiger partial charge in [-0.05, 0) is 62.0 Å². The van der Waals surface area contributed by atoms with Crippen molar-refractivity contribution < 1.29 is 0 Å². The van der Waals surface area contributed by atoms with Gasteiger partial charge in [0.25, 0.3) is 0 Å². The highest BCUT2D eigenvalue weighted by Crippen LogP contribution is 2.44. The lowest BCUT2D eigenvalue weighted by molar-refractivity contribution is 1.19. The molecule has 0 aliphatic rings. The molecule has 8 aromatic carbocycles. The van der Waals surface area contributed by atoms with E-state index < -0.39 is 0 Å². The summed E-state index contributed by atoms with van der Waals surface area (Å²) in [5.41, 5.74) is 9.85. The number of benzene rings is 8. The van der Waals surface area contributed by atoms with Gasteiger partial charge in [0.15, 0.2) is 5.82 Å². The lowest BCUT2D eigenvalue weighted by atomic mass is 9.91. The van der Waals surface area contributed by atoms with Crippen molar-refractivity contribution in [1.29, 1.82) is 0 Å². The third kappa shape index (κ3) is 5.01. The fraction of sp³-hybridized carbons (Fsp3) is 0. The number of fused-ring (bicyclic) bond motifs is 5. The maximum absolute atomic E-state index is 5.27. The Labute approximate surface area is 300 Å². The van der Waals surface area contributed by atoms with Gasteiger partial charge in [-0.1, -0.05) is 164 Å². The molecule has 0 spiro atoms. The zero-order chi connectivity index (χ0) is 33.7. The van der Waals surface area contributed by atoms with E-state index in [0.29, 0.717) is 5.82 Å². The van der Waals surface area contributed by atoms with E-state index in [1.165, 1.54) is 64.0 Å². The zero-order valence-corrected chi connectivity index (χ0v) is 28.4. The molecule has 10 aromatic rings. The Bertz CT molecular complexity index is 2910. The molecular weight excluding hydrogens is 637 g/mol. The lowest BCUT2D eigenvalue weighted by Gasteiger charge is -2.16. The van der Waals surface area contributed by atoms with Crippen molar-refractivity contribution in [2.24, 2.45) is 0 Å². The van der Waals surface area contributed by atoms with E-state index in [1.807, 2.05) is 29.5 Å². The zero-order valence-electron chi connectivity index (χ0n) is 27.6. The molecule has 0 unspecified atom stereocenters. The summed E-state index contributed by atoms with van der Waals surface area (Å²) in [6.07, 6.45) is 0. The number of hydrogen-bond donors (Lipinski definition) is 0. The molecule has 0 saturated carbocycles. The van der Waals surface area contributed by atoms with Gasteiger partial charge in [-0.25, -0.2) is 9.97 Å². The minimum Gasteiger partial charge on any atom is -0.228 e. The summed E-state index contributed by atoms with van der Waals surface area (Å²) in [5.74, 6) is 0.710. The lowest BCUT2D eigenvalue weighted by Crippen LogP contribution is -1.97. The number of thiophene rings is 1.